The van der Waals surface area contributed by atoms with Crippen LogP contribution in [0.25, 0.3) is 0 Å². The molecule has 6 heteroatoms. The molecule has 5 nitrogen and oxygen atoms in total. The van der Waals surface area contributed by atoms with Crippen LogP contribution >= 0.6 is 11.3 Å². The van der Waals surface area contributed by atoms with Gasteiger partial charge in [-0.3, -0.25) is 4.79 Å². The van der Waals surface area contributed by atoms with E-state index in [-0.39, 0.29) is 11.7 Å². The Kier molecular flexibility index (Phi) is 4.35. The minimum atomic E-state index is -0.863. The molecule has 0 spiro atoms. The standard InChI is InChI=1S/C13H13NO4S/c1-9(18-13(16)11-5-2-6-17-11)12(15)14-8-10-4-3-7-19-10/h2-7,9H,8H2,1H3,(H,14,15)/t9-/m0/s1. The first-order valence-electron chi connectivity index (χ1n) is 5.71. The number of hydrogen-bond acceptors (Lipinski definition) is 5. The highest BCUT2D eigenvalue weighted by atomic mass is 32.1. The van der Waals surface area contributed by atoms with Gasteiger partial charge in [0.25, 0.3) is 5.91 Å². The molecule has 2 rings (SSSR count). The second-order valence-corrected chi connectivity index (χ2v) is 4.85. The molecular weight excluding hydrogens is 266 g/mol. The van der Waals surface area contributed by atoms with Crippen LogP contribution in [0.3, 0.4) is 0 Å². The van der Waals surface area contributed by atoms with Gasteiger partial charge in [0.05, 0.1) is 12.8 Å². The van der Waals surface area contributed by atoms with Gasteiger partial charge in [-0.15, -0.1) is 11.3 Å². The summed E-state index contributed by atoms with van der Waals surface area (Å²) in [5.41, 5.74) is 0. The number of esters is 1. The molecule has 0 unspecified atom stereocenters. The molecule has 0 aromatic carbocycles. The number of carbonyl (C=O) groups excluding carboxylic acids is 2. The highest BCUT2D eigenvalue weighted by molar-refractivity contribution is 7.09. The maximum Gasteiger partial charge on any atom is 0.374 e. The Balaban J connectivity index is 1.80. The number of furan rings is 1. The van der Waals surface area contributed by atoms with Gasteiger partial charge < -0.3 is 14.5 Å². The third-order valence-corrected chi connectivity index (χ3v) is 3.27. The Morgan fingerprint density at radius 3 is 2.89 bits per heavy atom. The molecule has 0 saturated carbocycles. The lowest BCUT2D eigenvalue weighted by molar-refractivity contribution is -0.129. The van der Waals surface area contributed by atoms with Crippen molar-refractivity contribution in [2.75, 3.05) is 0 Å². The van der Waals surface area contributed by atoms with Gasteiger partial charge in [-0.25, -0.2) is 4.79 Å². The van der Waals surface area contributed by atoms with E-state index in [4.69, 9.17) is 9.15 Å². The third-order valence-electron chi connectivity index (χ3n) is 2.39. The first-order chi connectivity index (χ1) is 9.16. The molecule has 2 heterocycles. The molecule has 1 amide bonds. The summed E-state index contributed by atoms with van der Waals surface area (Å²) >= 11 is 1.55. The van der Waals surface area contributed by atoms with Crippen LogP contribution in [0.5, 0.6) is 0 Å². The monoisotopic (exact) mass is 279 g/mol. The normalized spacial score (nSPS) is 11.8. The first kappa shape index (κ1) is 13.4. The van der Waals surface area contributed by atoms with E-state index >= 15 is 0 Å². The Labute approximate surface area is 114 Å². The molecule has 1 N–H and O–H groups in total. The van der Waals surface area contributed by atoms with Crippen LogP contribution in [0, 0.1) is 0 Å². The second-order valence-electron chi connectivity index (χ2n) is 3.82. The van der Waals surface area contributed by atoms with E-state index in [0.29, 0.717) is 6.54 Å². The van der Waals surface area contributed by atoms with Crippen LogP contribution in [0.1, 0.15) is 22.4 Å². The molecule has 2 aromatic heterocycles. The lowest BCUT2D eigenvalue weighted by Crippen LogP contribution is -2.35. The van der Waals surface area contributed by atoms with Crippen LogP contribution in [-0.4, -0.2) is 18.0 Å². The fraction of sp³-hybridized carbons (Fsp3) is 0.231. The number of thiophene rings is 1. The van der Waals surface area contributed by atoms with E-state index in [1.807, 2.05) is 17.5 Å². The van der Waals surface area contributed by atoms with E-state index in [1.54, 1.807) is 17.4 Å². The lowest BCUT2D eigenvalue weighted by atomic mass is 10.3. The maximum atomic E-state index is 11.7. The Morgan fingerprint density at radius 2 is 2.26 bits per heavy atom. The minimum Gasteiger partial charge on any atom is -0.457 e. The summed E-state index contributed by atoms with van der Waals surface area (Å²) in [5, 5.41) is 4.63. The van der Waals surface area contributed by atoms with Crippen molar-refractivity contribution in [1.82, 2.24) is 5.32 Å². The Morgan fingerprint density at radius 1 is 1.42 bits per heavy atom. The van der Waals surface area contributed by atoms with Crippen molar-refractivity contribution in [3.63, 3.8) is 0 Å². The zero-order chi connectivity index (χ0) is 13.7. The highest BCUT2D eigenvalue weighted by Gasteiger charge is 2.20. The molecule has 0 radical (unpaired) electrons. The molecule has 0 aliphatic rings. The van der Waals surface area contributed by atoms with Crippen molar-refractivity contribution in [3.05, 3.63) is 46.5 Å². The summed E-state index contributed by atoms with van der Waals surface area (Å²) in [6.07, 6.45) is 0.510. The summed E-state index contributed by atoms with van der Waals surface area (Å²) in [6.45, 7) is 1.95. The van der Waals surface area contributed by atoms with E-state index in [0.717, 1.165) is 4.88 Å². The zero-order valence-electron chi connectivity index (χ0n) is 10.3. The molecule has 0 bridgehead atoms. The number of amides is 1. The van der Waals surface area contributed by atoms with Crippen LogP contribution in [-0.2, 0) is 16.1 Å². The number of hydrogen-bond donors (Lipinski definition) is 1. The average molecular weight is 279 g/mol. The van der Waals surface area contributed by atoms with Crippen molar-refractivity contribution in [2.24, 2.45) is 0 Å². The summed E-state index contributed by atoms with van der Waals surface area (Å²) in [7, 11) is 0. The van der Waals surface area contributed by atoms with Crippen LogP contribution < -0.4 is 5.32 Å². The van der Waals surface area contributed by atoms with Crippen molar-refractivity contribution in [3.8, 4) is 0 Å². The number of ether oxygens (including phenoxy) is 1. The second kappa shape index (κ2) is 6.19. The molecule has 1 atom stereocenters. The number of carbonyl (C=O) groups is 2. The van der Waals surface area contributed by atoms with Gasteiger partial charge in [-0.2, -0.15) is 0 Å². The predicted octanol–water partition coefficient (Wildman–Crippen LogP) is 2.20. The van der Waals surface area contributed by atoms with Crippen LogP contribution in [0.2, 0.25) is 0 Å². The molecule has 0 aliphatic carbocycles. The quantitative estimate of drug-likeness (QED) is 0.852. The summed E-state index contributed by atoms with van der Waals surface area (Å²) < 4.78 is 9.88. The van der Waals surface area contributed by atoms with Crippen molar-refractivity contribution >= 4 is 23.2 Å². The largest absolute Gasteiger partial charge is 0.457 e. The van der Waals surface area contributed by atoms with Gasteiger partial charge >= 0.3 is 5.97 Å². The fourth-order valence-electron chi connectivity index (χ4n) is 1.40. The van der Waals surface area contributed by atoms with Gasteiger partial charge in [0.1, 0.15) is 0 Å². The number of rotatable bonds is 5. The van der Waals surface area contributed by atoms with E-state index in [1.165, 1.54) is 19.3 Å². The molecule has 0 saturated heterocycles. The summed E-state index contributed by atoms with van der Waals surface area (Å²) in [6, 6.07) is 6.90. The van der Waals surface area contributed by atoms with E-state index in [2.05, 4.69) is 5.32 Å². The highest BCUT2D eigenvalue weighted by Crippen LogP contribution is 2.08. The SMILES string of the molecule is C[C@H](OC(=O)c1ccco1)C(=O)NCc1cccs1. The smallest absolute Gasteiger partial charge is 0.374 e. The number of nitrogens with one attached hydrogen (secondary N) is 1. The van der Waals surface area contributed by atoms with Crippen LogP contribution in [0.15, 0.2) is 40.3 Å². The molecule has 0 fully saturated rings. The minimum absolute atomic E-state index is 0.0814. The molecule has 2 aromatic rings. The third kappa shape index (κ3) is 3.69. The van der Waals surface area contributed by atoms with Gasteiger partial charge in [0, 0.05) is 4.88 Å². The van der Waals surface area contributed by atoms with Gasteiger partial charge in [0.15, 0.2) is 6.10 Å². The van der Waals surface area contributed by atoms with E-state index < -0.39 is 12.1 Å². The summed E-state index contributed by atoms with van der Waals surface area (Å²) in [5.74, 6) is -0.907. The Bertz CT molecular complexity index is 533. The van der Waals surface area contributed by atoms with Gasteiger partial charge in [-0.1, -0.05) is 6.07 Å². The van der Waals surface area contributed by atoms with Gasteiger partial charge in [-0.05, 0) is 30.5 Å². The van der Waals surface area contributed by atoms with E-state index in [9.17, 15) is 9.59 Å². The summed E-state index contributed by atoms with van der Waals surface area (Å²) in [4.78, 5) is 24.3. The zero-order valence-corrected chi connectivity index (χ0v) is 11.1. The maximum absolute atomic E-state index is 11.7. The van der Waals surface area contributed by atoms with Crippen molar-refractivity contribution in [2.45, 2.75) is 19.6 Å². The predicted molar refractivity (Wildman–Crippen MR) is 69.8 cm³/mol. The first-order valence-corrected chi connectivity index (χ1v) is 6.59. The van der Waals surface area contributed by atoms with Gasteiger partial charge in [0.2, 0.25) is 5.76 Å². The fourth-order valence-corrected chi connectivity index (χ4v) is 2.04. The van der Waals surface area contributed by atoms with Crippen molar-refractivity contribution in [1.29, 1.82) is 0 Å². The Hall–Kier alpha value is -2.08. The molecule has 0 aliphatic heterocycles. The van der Waals surface area contributed by atoms with Crippen LogP contribution in [0.4, 0.5) is 0 Å². The lowest BCUT2D eigenvalue weighted by Gasteiger charge is -2.12. The molecule has 19 heavy (non-hydrogen) atoms. The molecule has 100 valence electrons. The average Bonchev–Trinajstić information content (AvgIpc) is 3.08. The topological polar surface area (TPSA) is 68.5 Å². The molecular formula is C13H13NO4S. The van der Waals surface area contributed by atoms with Crippen molar-refractivity contribution < 1.29 is 18.7 Å².